The van der Waals surface area contributed by atoms with Crippen LogP contribution in [-0.4, -0.2) is 31.1 Å². The molecular formula is C28H31N5O2. The van der Waals surface area contributed by atoms with Gasteiger partial charge in [0.05, 0.1) is 6.42 Å². The summed E-state index contributed by atoms with van der Waals surface area (Å²) in [4.78, 5) is 30.9. The fourth-order valence-corrected chi connectivity index (χ4v) is 4.17. The van der Waals surface area contributed by atoms with E-state index < -0.39 is 0 Å². The largest absolute Gasteiger partial charge is 0.353 e. The van der Waals surface area contributed by atoms with Crippen molar-refractivity contribution in [1.82, 2.24) is 24.5 Å². The van der Waals surface area contributed by atoms with Crippen LogP contribution in [0.3, 0.4) is 0 Å². The lowest BCUT2D eigenvalue weighted by molar-refractivity contribution is -0.121. The number of hydrogen-bond donors (Lipinski definition) is 1. The van der Waals surface area contributed by atoms with Crippen molar-refractivity contribution in [3.63, 3.8) is 0 Å². The maximum absolute atomic E-state index is 13.4. The van der Waals surface area contributed by atoms with Crippen molar-refractivity contribution in [3.05, 3.63) is 100.0 Å². The molecule has 2 heterocycles. The Bertz CT molecular complexity index is 1400. The normalized spacial score (nSPS) is 12.0. The first-order valence-electron chi connectivity index (χ1n) is 11.9. The minimum atomic E-state index is -0.323. The summed E-state index contributed by atoms with van der Waals surface area (Å²) in [5.74, 6) is 0.716. The van der Waals surface area contributed by atoms with E-state index in [0.717, 1.165) is 24.0 Å². The summed E-state index contributed by atoms with van der Waals surface area (Å²) in [5, 5.41) is 7.53. The van der Waals surface area contributed by atoms with Gasteiger partial charge in [0, 0.05) is 29.4 Å². The average Bonchev–Trinajstić information content (AvgIpc) is 3.30. The lowest BCUT2D eigenvalue weighted by Gasteiger charge is -2.16. The van der Waals surface area contributed by atoms with Crippen molar-refractivity contribution < 1.29 is 4.79 Å². The number of allylic oxidation sites excluding steroid dienone is 1. The van der Waals surface area contributed by atoms with Crippen LogP contribution in [0.15, 0.2) is 72.0 Å². The lowest BCUT2D eigenvalue weighted by Crippen LogP contribution is -2.36. The van der Waals surface area contributed by atoms with Crippen LogP contribution < -0.4 is 10.9 Å². The summed E-state index contributed by atoms with van der Waals surface area (Å²) in [6.07, 6.45) is 3.41. The molecule has 7 heteroatoms. The molecule has 0 aliphatic heterocycles. The summed E-state index contributed by atoms with van der Waals surface area (Å²) < 4.78 is 3.17. The third-order valence-corrected chi connectivity index (χ3v) is 6.20. The average molecular weight is 470 g/mol. The molecule has 180 valence electrons. The lowest BCUT2D eigenvalue weighted by atomic mass is 10.1. The molecule has 0 saturated carbocycles. The number of rotatable bonds is 9. The number of amides is 1. The van der Waals surface area contributed by atoms with Gasteiger partial charge in [0.1, 0.15) is 0 Å². The second-order valence-electron chi connectivity index (χ2n) is 8.95. The van der Waals surface area contributed by atoms with Gasteiger partial charge in [-0.05, 0) is 39.2 Å². The number of aryl methyl sites for hydroxylation is 2. The van der Waals surface area contributed by atoms with Crippen molar-refractivity contribution in [2.24, 2.45) is 0 Å². The fraction of sp³-hybridized carbons (Fsp3) is 0.286. The molecule has 0 unspecified atom stereocenters. The third kappa shape index (κ3) is 5.40. The van der Waals surface area contributed by atoms with E-state index in [9.17, 15) is 9.59 Å². The number of aromatic nitrogens is 4. The molecule has 0 spiro atoms. The summed E-state index contributed by atoms with van der Waals surface area (Å²) in [6, 6.07) is 18.0. The standard InChI is InChI=1S/C28H31N5O2/c1-5-17-32-21(4)24(18-25(34)29-20(3)13-14-22-9-7-6-8-10-22)27(35)33-28(32)30-26(31-33)23-15-11-19(2)12-16-23/h5-12,15-16,20H,1,13-14,17-18H2,2-4H3,(H,29,34)/t20-/m1/s1. The van der Waals surface area contributed by atoms with Crippen LogP contribution in [0.1, 0.15) is 35.7 Å². The predicted octanol–water partition coefficient (Wildman–Crippen LogP) is 4.04. The molecule has 7 nitrogen and oxygen atoms in total. The van der Waals surface area contributed by atoms with Gasteiger partial charge in [-0.3, -0.25) is 9.59 Å². The third-order valence-electron chi connectivity index (χ3n) is 6.20. The van der Waals surface area contributed by atoms with Crippen LogP contribution in [0.4, 0.5) is 0 Å². The van der Waals surface area contributed by atoms with E-state index in [-0.39, 0.29) is 23.9 Å². The van der Waals surface area contributed by atoms with E-state index in [0.29, 0.717) is 29.4 Å². The van der Waals surface area contributed by atoms with E-state index in [2.05, 4.69) is 34.1 Å². The van der Waals surface area contributed by atoms with E-state index in [1.165, 1.54) is 10.1 Å². The molecule has 1 amide bonds. The highest BCUT2D eigenvalue weighted by Gasteiger charge is 2.20. The second-order valence-corrected chi connectivity index (χ2v) is 8.95. The highest BCUT2D eigenvalue weighted by atomic mass is 16.2. The SMILES string of the molecule is C=CCn1c(C)c(CC(=O)N[C@H](C)CCc2ccccc2)c(=O)n2nc(-c3ccc(C)cc3)nc12. The minimum Gasteiger partial charge on any atom is -0.353 e. The second kappa shape index (κ2) is 10.5. The monoisotopic (exact) mass is 469 g/mol. The Balaban J connectivity index is 1.59. The van der Waals surface area contributed by atoms with E-state index in [4.69, 9.17) is 0 Å². The van der Waals surface area contributed by atoms with Crippen LogP contribution in [0.25, 0.3) is 17.2 Å². The van der Waals surface area contributed by atoms with E-state index in [1.54, 1.807) is 6.08 Å². The maximum atomic E-state index is 13.4. The number of nitrogens with zero attached hydrogens (tertiary/aromatic N) is 4. The van der Waals surface area contributed by atoms with Crippen molar-refractivity contribution in [3.8, 4) is 11.4 Å². The van der Waals surface area contributed by atoms with Crippen LogP contribution >= 0.6 is 0 Å². The molecule has 4 rings (SSSR count). The quantitative estimate of drug-likeness (QED) is 0.375. The molecule has 1 atom stereocenters. The molecule has 0 bridgehead atoms. The molecule has 4 aromatic rings. The van der Waals surface area contributed by atoms with Gasteiger partial charge in [-0.25, -0.2) is 0 Å². The number of carbonyl (C=O) groups is 1. The zero-order valence-corrected chi connectivity index (χ0v) is 20.5. The van der Waals surface area contributed by atoms with Crippen molar-refractivity contribution in [1.29, 1.82) is 0 Å². The Kier molecular flexibility index (Phi) is 7.25. The first-order valence-corrected chi connectivity index (χ1v) is 11.9. The van der Waals surface area contributed by atoms with Gasteiger partial charge in [-0.2, -0.15) is 9.50 Å². The highest BCUT2D eigenvalue weighted by Crippen LogP contribution is 2.18. The Morgan fingerprint density at radius 2 is 1.83 bits per heavy atom. The predicted molar refractivity (Wildman–Crippen MR) is 138 cm³/mol. The van der Waals surface area contributed by atoms with Gasteiger partial charge >= 0.3 is 0 Å². The van der Waals surface area contributed by atoms with Gasteiger partial charge in [0.15, 0.2) is 5.82 Å². The van der Waals surface area contributed by atoms with Crippen LogP contribution in [0.5, 0.6) is 0 Å². The summed E-state index contributed by atoms with van der Waals surface area (Å²) >= 11 is 0. The summed E-state index contributed by atoms with van der Waals surface area (Å²) in [5.41, 5.74) is 3.97. The van der Waals surface area contributed by atoms with Crippen molar-refractivity contribution >= 4 is 11.7 Å². The number of nitrogens with one attached hydrogen (secondary N) is 1. The van der Waals surface area contributed by atoms with Crippen LogP contribution in [-0.2, 0) is 24.2 Å². The molecule has 0 fully saturated rings. The van der Waals surface area contributed by atoms with Crippen molar-refractivity contribution in [2.75, 3.05) is 0 Å². The van der Waals surface area contributed by atoms with E-state index >= 15 is 0 Å². The Hall–Kier alpha value is -4.00. The van der Waals surface area contributed by atoms with E-state index in [1.807, 2.05) is 67.8 Å². The summed E-state index contributed by atoms with van der Waals surface area (Å²) in [6.45, 7) is 10.1. The minimum absolute atomic E-state index is 0.0124. The number of benzene rings is 2. The number of fused-ring (bicyclic) bond motifs is 1. The maximum Gasteiger partial charge on any atom is 0.279 e. The van der Waals surface area contributed by atoms with Crippen LogP contribution in [0, 0.1) is 13.8 Å². The van der Waals surface area contributed by atoms with Gasteiger partial charge in [0.25, 0.3) is 5.56 Å². The molecule has 2 aromatic heterocycles. The first-order chi connectivity index (χ1) is 16.9. The van der Waals surface area contributed by atoms with Crippen LogP contribution in [0.2, 0.25) is 0 Å². The topological polar surface area (TPSA) is 81.3 Å². The van der Waals surface area contributed by atoms with Crippen molar-refractivity contribution in [2.45, 2.75) is 52.6 Å². The zero-order chi connectivity index (χ0) is 24.9. The molecule has 0 radical (unpaired) electrons. The van der Waals surface area contributed by atoms with Gasteiger partial charge < -0.3 is 9.88 Å². The summed E-state index contributed by atoms with van der Waals surface area (Å²) in [7, 11) is 0. The zero-order valence-electron chi connectivity index (χ0n) is 20.5. The molecule has 2 aromatic carbocycles. The molecule has 35 heavy (non-hydrogen) atoms. The Labute approximate surface area is 205 Å². The molecule has 0 aliphatic rings. The number of hydrogen-bond acceptors (Lipinski definition) is 4. The molecule has 1 N–H and O–H groups in total. The fourth-order valence-electron chi connectivity index (χ4n) is 4.17. The van der Waals surface area contributed by atoms with Gasteiger partial charge in [-0.15, -0.1) is 11.7 Å². The Morgan fingerprint density at radius 3 is 2.51 bits per heavy atom. The number of carbonyl (C=O) groups excluding carboxylic acids is 1. The smallest absolute Gasteiger partial charge is 0.279 e. The molecule has 0 saturated heterocycles. The molecule has 0 aliphatic carbocycles. The van der Waals surface area contributed by atoms with Gasteiger partial charge in [0.2, 0.25) is 11.7 Å². The molecular weight excluding hydrogens is 438 g/mol. The Morgan fingerprint density at radius 1 is 1.11 bits per heavy atom. The van der Waals surface area contributed by atoms with Gasteiger partial charge in [-0.1, -0.05) is 66.2 Å². The first kappa shape index (κ1) is 24.1. The highest BCUT2D eigenvalue weighted by molar-refractivity contribution is 5.79.